The second kappa shape index (κ2) is 12.4. The maximum absolute atomic E-state index is 14.5. The number of hydrogen-bond acceptors (Lipinski definition) is 9. The van der Waals surface area contributed by atoms with E-state index in [2.05, 4.69) is 50.4 Å². The van der Waals surface area contributed by atoms with E-state index in [-0.39, 0.29) is 22.9 Å². The SMILES string of the molecule is C[C@H]1CNc2nc(ncc2F)Nc2ccc(N3CCN(C)CC3)c(c2)OCCS[C@@H]1CCCC(N)=O. The zero-order valence-corrected chi connectivity index (χ0v) is 21.8. The first-order valence-corrected chi connectivity index (χ1v) is 13.6. The van der Waals surface area contributed by atoms with Crippen molar-refractivity contribution in [3.8, 4) is 5.75 Å². The van der Waals surface area contributed by atoms with E-state index in [4.69, 9.17) is 10.5 Å². The van der Waals surface area contributed by atoms with E-state index in [1.807, 2.05) is 23.9 Å². The Morgan fingerprint density at radius 3 is 2.89 bits per heavy atom. The zero-order chi connectivity index (χ0) is 25.5. The fraction of sp³-hybridized carbons (Fsp3) is 0.560. The molecule has 2 aliphatic rings. The predicted octanol–water partition coefficient (Wildman–Crippen LogP) is 3.31. The lowest BCUT2D eigenvalue weighted by Crippen LogP contribution is -2.44. The van der Waals surface area contributed by atoms with Crippen LogP contribution >= 0.6 is 11.8 Å². The van der Waals surface area contributed by atoms with Crippen molar-refractivity contribution in [2.75, 3.05) is 67.7 Å². The highest BCUT2D eigenvalue weighted by Crippen LogP contribution is 2.34. The molecule has 0 saturated carbocycles. The summed E-state index contributed by atoms with van der Waals surface area (Å²) >= 11 is 1.82. The number of benzene rings is 1. The number of rotatable bonds is 5. The van der Waals surface area contributed by atoms with Crippen LogP contribution in [0, 0.1) is 11.7 Å². The van der Waals surface area contributed by atoms with Gasteiger partial charge in [0.2, 0.25) is 11.9 Å². The lowest BCUT2D eigenvalue weighted by atomic mass is 10.0. The van der Waals surface area contributed by atoms with E-state index in [1.54, 1.807) is 0 Å². The third-order valence-electron chi connectivity index (χ3n) is 6.61. The molecule has 0 spiro atoms. The molecule has 11 heteroatoms. The van der Waals surface area contributed by atoms with Gasteiger partial charge in [-0.2, -0.15) is 16.7 Å². The van der Waals surface area contributed by atoms with Crippen LogP contribution in [0.15, 0.2) is 24.4 Å². The normalized spacial score (nSPS) is 21.4. The highest BCUT2D eigenvalue weighted by atomic mass is 32.2. The number of halogens is 1. The van der Waals surface area contributed by atoms with Crippen molar-refractivity contribution in [3.05, 3.63) is 30.2 Å². The van der Waals surface area contributed by atoms with Crippen LogP contribution in [-0.2, 0) is 4.79 Å². The summed E-state index contributed by atoms with van der Waals surface area (Å²) < 4.78 is 20.8. The number of carbonyl (C=O) groups excluding carboxylic acids is 1. The number of fused-ring (bicyclic) bond motifs is 4. The Bertz CT molecular complexity index is 1040. The van der Waals surface area contributed by atoms with Gasteiger partial charge in [-0.15, -0.1) is 0 Å². The summed E-state index contributed by atoms with van der Waals surface area (Å²) in [5.74, 6) is 1.51. The summed E-state index contributed by atoms with van der Waals surface area (Å²) in [5.41, 5.74) is 7.19. The Morgan fingerprint density at radius 1 is 1.31 bits per heavy atom. The molecule has 1 fully saturated rings. The number of aromatic nitrogens is 2. The predicted molar refractivity (Wildman–Crippen MR) is 144 cm³/mol. The number of anilines is 4. The van der Waals surface area contributed by atoms with Crippen LogP contribution in [0.2, 0.25) is 0 Å². The molecule has 2 aromatic rings. The third kappa shape index (κ3) is 7.13. The molecule has 4 bridgehead atoms. The van der Waals surface area contributed by atoms with Gasteiger partial charge in [0, 0.05) is 61.9 Å². The van der Waals surface area contributed by atoms with Crippen molar-refractivity contribution < 1.29 is 13.9 Å². The summed E-state index contributed by atoms with van der Waals surface area (Å²) in [6.45, 7) is 7.09. The van der Waals surface area contributed by atoms with Crippen molar-refractivity contribution in [2.45, 2.75) is 31.4 Å². The monoisotopic (exact) mass is 517 g/mol. The van der Waals surface area contributed by atoms with Crippen LogP contribution in [0.1, 0.15) is 26.2 Å². The summed E-state index contributed by atoms with van der Waals surface area (Å²) in [5, 5.41) is 6.60. The topological polar surface area (TPSA) is 109 Å². The highest BCUT2D eigenvalue weighted by molar-refractivity contribution is 7.99. The third-order valence-corrected chi connectivity index (χ3v) is 8.15. The molecule has 0 unspecified atom stereocenters. The smallest absolute Gasteiger partial charge is 0.229 e. The van der Waals surface area contributed by atoms with Crippen molar-refractivity contribution in [2.24, 2.45) is 11.7 Å². The molecule has 0 radical (unpaired) electrons. The van der Waals surface area contributed by atoms with Gasteiger partial charge < -0.3 is 30.9 Å². The second-order valence-electron chi connectivity index (χ2n) is 9.46. The van der Waals surface area contributed by atoms with Crippen LogP contribution in [-0.4, -0.2) is 78.2 Å². The number of nitrogens with zero attached hydrogens (tertiary/aromatic N) is 4. The Labute approximate surface area is 216 Å². The van der Waals surface area contributed by atoms with E-state index < -0.39 is 5.82 Å². The molecule has 2 aliphatic heterocycles. The standard InChI is InChI=1S/C25H36FN7O2S/c1-17-15-28-24-19(26)16-29-25(31-24)30-18-6-7-20(33-10-8-32(2)9-11-33)21(14-18)35-12-13-36-22(17)4-3-5-23(27)34/h6-7,14,16-17,22H,3-5,8-13,15H2,1-2H3,(H2,27,34)(H2,28,29,30,31)/t17-,22+/m0/s1. The fourth-order valence-corrected chi connectivity index (χ4v) is 5.69. The molecular formula is C25H36FN7O2S. The van der Waals surface area contributed by atoms with Crippen LogP contribution in [0.5, 0.6) is 5.75 Å². The Hall–Kier alpha value is -2.79. The molecule has 196 valence electrons. The number of carbonyl (C=O) groups is 1. The minimum atomic E-state index is -0.496. The van der Waals surface area contributed by atoms with Gasteiger partial charge in [0.05, 0.1) is 18.5 Å². The molecule has 0 aliphatic carbocycles. The molecule has 2 atom stereocenters. The number of thioether (sulfide) groups is 1. The molecule has 1 saturated heterocycles. The highest BCUT2D eigenvalue weighted by Gasteiger charge is 2.21. The molecule has 4 N–H and O–H groups in total. The first kappa shape index (κ1) is 26.3. The number of amides is 1. The lowest BCUT2D eigenvalue weighted by molar-refractivity contribution is -0.118. The summed E-state index contributed by atoms with van der Waals surface area (Å²) in [4.78, 5) is 24.4. The largest absolute Gasteiger partial charge is 0.490 e. The molecule has 4 rings (SSSR count). The first-order valence-electron chi connectivity index (χ1n) is 12.5. The van der Waals surface area contributed by atoms with Gasteiger partial charge in [-0.1, -0.05) is 6.92 Å². The number of piperazine rings is 1. The van der Waals surface area contributed by atoms with E-state index in [0.717, 1.165) is 61.9 Å². The van der Waals surface area contributed by atoms with E-state index in [1.165, 1.54) is 6.20 Å². The van der Waals surface area contributed by atoms with Crippen LogP contribution in [0.3, 0.4) is 0 Å². The van der Waals surface area contributed by atoms with Crippen molar-refractivity contribution >= 4 is 40.8 Å². The average Bonchev–Trinajstić information content (AvgIpc) is 2.86. The molecular weight excluding hydrogens is 481 g/mol. The maximum atomic E-state index is 14.5. The average molecular weight is 518 g/mol. The van der Waals surface area contributed by atoms with Gasteiger partial charge in [-0.3, -0.25) is 4.79 Å². The molecule has 1 aromatic carbocycles. The molecule has 36 heavy (non-hydrogen) atoms. The van der Waals surface area contributed by atoms with Gasteiger partial charge in [0.15, 0.2) is 11.6 Å². The van der Waals surface area contributed by atoms with Crippen LogP contribution in [0.4, 0.5) is 27.5 Å². The minimum Gasteiger partial charge on any atom is -0.490 e. The van der Waals surface area contributed by atoms with E-state index in [9.17, 15) is 9.18 Å². The second-order valence-corrected chi connectivity index (χ2v) is 10.8. The number of hydrogen-bond donors (Lipinski definition) is 3. The van der Waals surface area contributed by atoms with Crippen molar-refractivity contribution in [1.82, 2.24) is 14.9 Å². The summed E-state index contributed by atoms with van der Waals surface area (Å²) in [6, 6.07) is 6.00. The summed E-state index contributed by atoms with van der Waals surface area (Å²) in [7, 11) is 2.14. The fourth-order valence-electron chi connectivity index (χ4n) is 4.45. The first-order chi connectivity index (χ1) is 17.4. The Kier molecular flexibility index (Phi) is 9.08. The lowest BCUT2D eigenvalue weighted by Gasteiger charge is -2.35. The van der Waals surface area contributed by atoms with Gasteiger partial charge in [0.1, 0.15) is 5.75 Å². The van der Waals surface area contributed by atoms with E-state index in [0.29, 0.717) is 25.5 Å². The van der Waals surface area contributed by atoms with Gasteiger partial charge in [-0.05, 0) is 37.9 Å². The molecule has 9 nitrogen and oxygen atoms in total. The molecule has 3 heterocycles. The van der Waals surface area contributed by atoms with Crippen molar-refractivity contribution in [3.63, 3.8) is 0 Å². The number of ether oxygens (including phenoxy) is 1. The maximum Gasteiger partial charge on any atom is 0.229 e. The minimum absolute atomic E-state index is 0.167. The van der Waals surface area contributed by atoms with Crippen molar-refractivity contribution in [1.29, 1.82) is 0 Å². The number of nitrogens with one attached hydrogen (secondary N) is 2. The quantitative estimate of drug-likeness (QED) is 0.550. The van der Waals surface area contributed by atoms with Gasteiger partial charge in [-0.25, -0.2) is 9.37 Å². The van der Waals surface area contributed by atoms with Gasteiger partial charge >= 0.3 is 0 Å². The van der Waals surface area contributed by atoms with Crippen LogP contribution < -0.4 is 26.0 Å². The number of primary amides is 1. The van der Waals surface area contributed by atoms with Gasteiger partial charge in [0.25, 0.3) is 0 Å². The Morgan fingerprint density at radius 2 is 2.11 bits per heavy atom. The summed E-state index contributed by atoms with van der Waals surface area (Å²) in [6.07, 6.45) is 3.11. The number of likely N-dealkylation sites (N-methyl/N-ethyl adjacent to an activating group) is 1. The molecule has 1 aromatic heterocycles. The van der Waals surface area contributed by atoms with Crippen LogP contribution in [0.25, 0.3) is 0 Å². The van der Waals surface area contributed by atoms with E-state index >= 15 is 0 Å². The Balaban J connectivity index is 1.58. The molecule has 1 amide bonds. The zero-order valence-electron chi connectivity index (χ0n) is 21.0. The number of nitrogens with two attached hydrogens (primary N) is 1.